The normalized spacial score (nSPS) is 17.6. The van der Waals surface area contributed by atoms with E-state index in [9.17, 15) is 14.4 Å². The number of hydrogen-bond donors (Lipinski definition) is 1. The number of thioether (sulfide) groups is 1. The SMILES string of the molecule is O=C(CN1CCSC1=O)Nc1c(C(=O)N2CCOCC2)oc2ccccc12. The third-order valence-corrected chi connectivity index (χ3v) is 5.42. The van der Waals surface area contributed by atoms with Crippen molar-refractivity contribution in [2.45, 2.75) is 0 Å². The number of ether oxygens (including phenoxy) is 1. The van der Waals surface area contributed by atoms with Crippen molar-refractivity contribution in [2.75, 3.05) is 50.5 Å². The van der Waals surface area contributed by atoms with E-state index in [1.165, 1.54) is 16.7 Å². The number of morpholine rings is 1. The highest BCUT2D eigenvalue weighted by molar-refractivity contribution is 8.13. The first-order valence-corrected chi connectivity index (χ1v) is 9.72. The fourth-order valence-corrected chi connectivity index (χ4v) is 3.98. The van der Waals surface area contributed by atoms with Crippen molar-refractivity contribution < 1.29 is 23.5 Å². The average molecular weight is 389 g/mol. The molecule has 0 atom stereocenters. The Bertz CT molecular complexity index is 890. The van der Waals surface area contributed by atoms with E-state index >= 15 is 0 Å². The van der Waals surface area contributed by atoms with Crippen LogP contribution in [0.4, 0.5) is 10.5 Å². The second-order valence-electron chi connectivity index (χ2n) is 6.29. The van der Waals surface area contributed by atoms with Gasteiger partial charge < -0.3 is 24.3 Å². The number of fused-ring (bicyclic) bond motifs is 1. The molecule has 1 aromatic heterocycles. The summed E-state index contributed by atoms with van der Waals surface area (Å²) in [6.45, 7) is 2.40. The van der Waals surface area contributed by atoms with Crippen LogP contribution in [0.25, 0.3) is 11.0 Å². The second kappa shape index (κ2) is 7.61. The van der Waals surface area contributed by atoms with Gasteiger partial charge in [-0.15, -0.1) is 0 Å². The molecule has 0 bridgehead atoms. The summed E-state index contributed by atoms with van der Waals surface area (Å²) in [5.41, 5.74) is 0.878. The number of hydrogen-bond acceptors (Lipinski definition) is 6. The van der Waals surface area contributed by atoms with Gasteiger partial charge >= 0.3 is 0 Å². The van der Waals surface area contributed by atoms with E-state index in [1.54, 1.807) is 23.1 Å². The number of amides is 3. The van der Waals surface area contributed by atoms with Crippen LogP contribution in [0.2, 0.25) is 0 Å². The Morgan fingerprint density at radius 2 is 1.93 bits per heavy atom. The predicted molar refractivity (Wildman–Crippen MR) is 101 cm³/mol. The van der Waals surface area contributed by atoms with E-state index in [-0.39, 0.29) is 29.4 Å². The molecule has 0 spiro atoms. The Balaban J connectivity index is 1.60. The molecule has 8 nitrogen and oxygen atoms in total. The van der Waals surface area contributed by atoms with Crippen LogP contribution in [0.1, 0.15) is 10.6 Å². The van der Waals surface area contributed by atoms with Gasteiger partial charge in [0.25, 0.3) is 11.1 Å². The summed E-state index contributed by atoms with van der Waals surface area (Å²) in [6.07, 6.45) is 0. The van der Waals surface area contributed by atoms with Crippen molar-refractivity contribution in [3.8, 4) is 0 Å². The van der Waals surface area contributed by atoms with Gasteiger partial charge in [-0.1, -0.05) is 23.9 Å². The molecule has 9 heteroatoms. The van der Waals surface area contributed by atoms with Gasteiger partial charge in [-0.25, -0.2) is 0 Å². The van der Waals surface area contributed by atoms with Gasteiger partial charge in [0, 0.05) is 30.8 Å². The molecule has 4 rings (SSSR count). The lowest BCUT2D eigenvalue weighted by Gasteiger charge is -2.26. The zero-order chi connectivity index (χ0) is 18.8. The smallest absolute Gasteiger partial charge is 0.291 e. The predicted octanol–water partition coefficient (Wildman–Crippen LogP) is 2.01. The molecule has 1 N–H and O–H groups in total. The number of furan rings is 1. The third kappa shape index (κ3) is 3.65. The van der Waals surface area contributed by atoms with Gasteiger partial charge in [-0.3, -0.25) is 14.4 Å². The Hall–Kier alpha value is -2.52. The highest BCUT2D eigenvalue weighted by Crippen LogP contribution is 2.32. The summed E-state index contributed by atoms with van der Waals surface area (Å²) in [5, 5.41) is 3.34. The molecule has 2 aliphatic heterocycles. The summed E-state index contributed by atoms with van der Waals surface area (Å²) in [5.74, 6) is 0.154. The molecule has 2 aliphatic rings. The molecule has 27 heavy (non-hydrogen) atoms. The lowest BCUT2D eigenvalue weighted by atomic mass is 10.2. The first-order chi connectivity index (χ1) is 13.1. The lowest BCUT2D eigenvalue weighted by Crippen LogP contribution is -2.41. The van der Waals surface area contributed by atoms with Crippen LogP contribution < -0.4 is 5.32 Å². The molecular weight excluding hydrogens is 370 g/mol. The molecule has 0 saturated carbocycles. The van der Waals surface area contributed by atoms with Gasteiger partial charge in [0.05, 0.1) is 13.2 Å². The average Bonchev–Trinajstić information content (AvgIpc) is 3.26. The summed E-state index contributed by atoms with van der Waals surface area (Å²) >= 11 is 1.20. The molecule has 1 aromatic carbocycles. The molecule has 142 valence electrons. The highest BCUT2D eigenvalue weighted by atomic mass is 32.2. The van der Waals surface area contributed by atoms with Crippen LogP contribution in [0.5, 0.6) is 0 Å². The second-order valence-corrected chi connectivity index (χ2v) is 7.34. The molecule has 0 radical (unpaired) electrons. The number of carbonyl (C=O) groups is 3. The highest BCUT2D eigenvalue weighted by Gasteiger charge is 2.29. The van der Waals surface area contributed by atoms with Crippen LogP contribution in [-0.2, 0) is 9.53 Å². The zero-order valence-corrected chi connectivity index (χ0v) is 15.4. The lowest BCUT2D eigenvalue weighted by molar-refractivity contribution is -0.116. The third-order valence-electron chi connectivity index (χ3n) is 4.53. The maximum absolute atomic E-state index is 12.9. The van der Waals surface area contributed by atoms with Crippen LogP contribution in [0.15, 0.2) is 28.7 Å². The van der Waals surface area contributed by atoms with Crippen LogP contribution in [0, 0.1) is 0 Å². The molecule has 3 amide bonds. The van der Waals surface area contributed by atoms with Crippen LogP contribution >= 0.6 is 11.8 Å². The van der Waals surface area contributed by atoms with Gasteiger partial charge in [-0.2, -0.15) is 0 Å². The zero-order valence-electron chi connectivity index (χ0n) is 14.6. The van der Waals surface area contributed by atoms with Crippen molar-refractivity contribution in [1.29, 1.82) is 0 Å². The van der Waals surface area contributed by atoms with Crippen LogP contribution in [0.3, 0.4) is 0 Å². The minimum Gasteiger partial charge on any atom is -0.449 e. The minimum atomic E-state index is -0.353. The molecule has 2 saturated heterocycles. The standard InChI is InChI=1S/C18H19N3O5S/c22-14(11-21-7-10-27-18(21)24)19-15-12-3-1-2-4-13(12)26-16(15)17(23)20-5-8-25-9-6-20/h1-4H,5-11H2,(H,19,22). The van der Waals surface area contributed by atoms with E-state index < -0.39 is 0 Å². The quantitative estimate of drug-likeness (QED) is 0.860. The fourth-order valence-electron chi connectivity index (χ4n) is 3.15. The van der Waals surface area contributed by atoms with Crippen molar-refractivity contribution in [3.05, 3.63) is 30.0 Å². The molecular formula is C18H19N3O5S. The topological polar surface area (TPSA) is 92.1 Å². The Morgan fingerprint density at radius 3 is 2.67 bits per heavy atom. The number of benzene rings is 1. The number of para-hydroxylation sites is 1. The number of rotatable bonds is 4. The molecule has 2 fully saturated rings. The van der Waals surface area contributed by atoms with Gasteiger partial charge in [0.1, 0.15) is 17.8 Å². The largest absolute Gasteiger partial charge is 0.449 e. The van der Waals surface area contributed by atoms with E-state index in [0.717, 1.165) is 0 Å². The Kier molecular flexibility index (Phi) is 5.04. The number of anilines is 1. The number of carbonyl (C=O) groups excluding carboxylic acids is 3. The maximum Gasteiger partial charge on any atom is 0.291 e. The summed E-state index contributed by atoms with van der Waals surface area (Å²) < 4.78 is 11.1. The molecule has 0 unspecified atom stereocenters. The van der Waals surface area contributed by atoms with Gasteiger partial charge in [-0.05, 0) is 12.1 Å². The fraction of sp³-hybridized carbons (Fsp3) is 0.389. The molecule has 3 heterocycles. The number of nitrogens with zero attached hydrogens (tertiary/aromatic N) is 2. The van der Waals surface area contributed by atoms with Crippen molar-refractivity contribution in [2.24, 2.45) is 0 Å². The molecule has 0 aliphatic carbocycles. The van der Waals surface area contributed by atoms with Gasteiger partial charge in [0.2, 0.25) is 11.7 Å². The summed E-state index contributed by atoms with van der Waals surface area (Å²) in [4.78, 5) is 40.3. The van der Waals surface area contributed by atoms with Crippen molar-refractivity contribution in [3.63, 3.8) is 0 Å². The van der Waals surface area contributed by atoms with Crippen molar-refractivity contribution >= 4 is 45.5 Å². The van der Waals surface area contributed by atoms with E-state index in [4.69, 9.17) is 9.15 Å². The van der Waals surface area contributed by atoms with E-state index in [0.29, 0.717) is 55.3 Å². The molecule has 2 aromatic rings. The van der Waals surface area contributed by atoms with Crippen LogP contribution in [-0.4, -0.2) is 72.0 Å². The van der Waals surface area contributed by atoms with Crippen molar-refractivity contribution in [1.82, 2.24) is 9.80 Å². The van der Waals surface area contributed by atoms with E-state index in [2.05, 4.69) is 5.32 Å². The first-order valence-electron chi connectivity index (χ1n) is 8.73. The monoisotopic (exact) mass is 389 g/mol. The Morgan fingerprint density at radius 1 is 1.15 bits per heavy atom. The first kappa shape index (κ1) is 17.9. The number of nitrogens with one attached hydrogen (secondary N) is 1. The van der Waals surface area contributed by atoms with Gasteiger partial charge in [0.15, 0.2) is 0 Å². The maximum atomic E-state index is 12.9. The van der Waals surface area contributed by atoms with E-state index in [1.807, 2.05) is 6.07 Å². The Labute approximate surface area is 159 Å². The summed E-state index contributed by atoms with van der Waals surface area (Å²) in [7, 11) is 0. The summed E-state index contributed by atoms with van der Waals surface area (Å²) in [6, 6.07) is 7.17. The minimum absolute atomic E-state index is 0.0451.